The average molecular weight is 303 g/mol. The third-order valence-electron chi connectivity index (χ3n) is 3.11. The molecule has 6 heteroatoms. The highest BCUT2D eigenvalue weighted by molar-refractivity contribution is 7.10. The summed E-state index contributed by atoms with van der Waals surface area (Å²) in [5.74, 6) is 0.189. The molecule has 0 saturated carbocycles. The number of furan rings is 2. The van der Waals surface area contributed by atoms with Crippen molar-refractivity contribution < 1.29 is 18.7 Å². The van der Waals surface area contributed by atoms with Gasteiger partial charge >= 0.3 is 0 Å². The topological polar surface area (TPSA) is 75.6 Å². The normalized spacial score (nSPS) is 13.8. The molecular weight excluding hydrogens is 290 g/mol. The lowest BCUT2D eigenvalue weighted by atomic mass is 9.98. The van der Waals surface area contributed by atoms with Crippen LogP contribution in [0.15, 0.2) is 63.1 Å². The standard InChI is InChI=1S/C15H13NO4S/c17-14(11-4-1-7-19-11)16-10-15(18,12-5-2-8-20-12)13-6-3-9-21-13/h1-9,18H,10H2,(H,16,17). The number of hydrogen-bond acceptors (Lipinski definition) is 5. The van der Waals surface area contributed by atoms with E-state index >= 15 is 0 Å². The first kappa shape index (κ1) is 13.7. The second-order valence-corrected chi connectivity index (χ2v) is 5.42. The van der Waals surface area contributed by atoms with E-state index in [0.717, 1.165) is 0 Å². The van der Waals surface area contributed by atoms with E-state index in [0.29, 0.717) is 10.6 Å². The minimum Gasteiger partial charge on any atom is -0.466 e. The van der Waals surface area contributed by atoms with E-state index < -0.39 is 5.60 Å². The fraction of sp³-hybridized carbons (Fsp3) is 0.133. The molecule has 3 rings (SSSR count). The van der Waals surface area contributed by atoms with Gasteiger partial charge in [-0.05, 0) is 35.7 Å². The molecule has 0 aliphatic heterocycles. The summed E-state index contributed by atoms with van der Waals surface area (Å²) >= 11 is 1.39. The predicted octanol–water partition coefficient (Wildman–Crippen LogP) is 2.60. The van der Waals surface area contributed by atoms with Crippen LogP contribution in [0.4, 0.5) is 0 Å². The molecule has 0 aromatic carbocycles. The Morgan fingerprint density at radius 2 is 2.00 bits per heavy atom. The van der Waals surface area contributed by atoms with E-state index in [1.807, 2.05) is 11.4 Å². The van der Waals surface area contributed by atoms with Crippen LogP contribution < -0.4 is 5.32 Å². The van der Waals surface area contributed by atoms with Crippen molar-refractivity contribution in [2.75, 3.05) is 6.54 Å². The number of nitrogens with one attached hydrogen (secondary N) is 1. The van der Waals surface area contributed by atoms with Crippen molar-refractivity contribution in [3.05, 3.63) is 70.7 Å². The number of carbonyl (C=O) groups excluding carboxylic acids is 1. The summed E-state index contributed by atoms with van der Waals surface area (Å²) in [4.78, 5) is 12.6. The molecule has 1 amide bonds. The quantitative estimate of drug-likeness (QED) is 0.759. The van der Waals surface area contributed by atoms with Crippen molar-refractivity contribution in [2.45, 2.75) is 5.60 Å². The summed E-state index contributed by atoms with van der Waals surface area (Å²) in [6, 6.07) is 10.2. The van der Waals surface area contributed by atoms with Gasteiger partial charge in [-0.1, -0.05) is 6.07 Å². The maximum atomic E-state index is 11.9. The third-order valence-corrected chi connectivity index (χ3v) is 4.13. The Hall–Kier alpha value is -2.31. The van der Waals surface area contributed by atoms with Gasteiger partial charge in [0, 0.05) is 4.88 Å². The molecule has 2 N–H and O–H groups in total. The predicted molar refractivity (Wildman–Crippen MR) is 77.1 cm³/mol. The monoisotopic (exact) mass is 303 g/mol. The summed E-state index contributed by atoms with van der Waals surface area (Å²) in [6.45, 7) is -0.0133. The van der Waals surface area contributed by atoms with E-state index in [1.165, 1.54) is 23.9 Å². The van der Waals surface area contributed by atoms with Crippen LogP contribution in [0, 0.1) is 0 Å². The highest BCUT2D eigenvalue weighted by Crippen LogP contribution is 2.32. The Balaban J connectivity index is 1.83. The van der Waals surface area contributed by atoms with Crippen molar-refractivity contribution in [1.29, 1.82) is 0 Å². The molecule has 0 bridgehead atoms. The van der Waals surface area contributed by atoms with Crippen LogP contribution in [0.5, 0.6) is 0 Å². The summed E-state index contributed by atoms with van der Waals surface area (Å²) in [7, 11) is 0. The van der Waals surface area contributed by atoms with Crippen molar-refractivity contribution in [2.24, 2.45) is 0 Å². The molecule has 21 heavy (non-hydrogen) atoms. The Morgan fingerprint density at radius 1 is 1.19 bits per heavy atom. The molecule has 1 unspecified atom stereocenters. The van der Waals surface area contributed by atoms with Crippen LogP contribution in [-0.4, -0.2) is 17.6 Å². The number of rotatable bonds is 5. The van der Waals surface area contributed by atoms with Crippen LogP contribution in [-0.2, 0) is 5.60 Å². The van der Waals surface area contributed by atoms with E-state index in [2.05, 4.69) is 5.32 Å². The number of amides is 1. The van der Waals surface area contributed by atoms with Crippen molar-refractivity contribution in [3.63, 3.8) is 0 Å². The first-order valence-corrected chi connectivity index (χ1v) is 7.20. The maximum Gasteiger partial charge on any atom is 0.287 e. The van der Waals surface area contributed by atoms with Crippen LogP contribution >= 0.6 is 11.3 Å². The molecule has 0 radical (unpaired) electrons. The highest BCUT2D eigenvalue weighted by atomic mass is 32.1. The molecule has 5 nitrogen and oxygen atoms in total. The van der Waals surface area contributed by atoms with Crippen molar-refractivity contribution in [1.82, 2.24) is 5.32 Å². The zero-order valence-corrected chi connectivity index (χ0v) is 11.8. The Labute approximate surface area is 124 Å². The molecule has 0 saturated heterocycles. The van der Waals surface area contributed by atoms with Crippen LogP contribution in [0.1, 0.15) is 21.2 Å². The summed E-state index contributed by atoms with van der Waals surface area (Å²) in [5.41, 5.74) is -1.40. The molecular formula is C15H13NO4S. The second-order valence-electron chi connectivity index (χ2n) is 4.47. The average Bonchev–Trinajstić information content (AvgIpc) is 3.27. The lowest BCUT2D eigenvalue weighted by Crippen LogP contribution is -2.40. The zero-order valence-electron chi connectivity index (χ0n) is 11.0. The highest BCUT2D eigenvalue weighted by Gasteiger charge is 2.36. The molecule has 0 aliphatic carbocycles. The van der Waals surface area contributed by atoms with Gasteiger partial charge in [0.2, 0.25) is 0 Å². The van der Waals surface area contributed by atoms with Gasteiger partial charge in [0.1, 0.15) is 5.76 Å². The molecule has 0 aliphatic rings. The smallest absolute Gasteiger partial charge is 0.287 e. The minimum absolute atomic E-state index is 0.0133. The van der Waals surface area contributed by atoms with Crippen LogP contribution in [0.2, 0.25) is 0 Å². The Bertz CT molecular complexity index is 652. The van der Waals surface area contributed by atoms with Gasteiger partial charge in [-0.3, -0.25) is 4.79 Å². The number of hydrogen-bond donors (Lipinski definition) is 2. The molecule has 3 aromatic rings. The maximum absolute atomic E-state index is 11.9. The Kier molecular flexibility index (Phi) is 3.64. The number of aliphatic hydroxyl groups is 1. The first-order chi connectivity index (χ1) is 10.2. The van der Waals surface area contributed by atoms with E-state index in [4.69, 9.17) is 8.83 Å². The first-order valence-electron chi connectivity index (χ1n) is 6.32. The lowest BCUT2D eigenvalue weighted by Gasteiger charge is -2.25. The van der Waals surface area contributed by atoms with Gasteiger partial charge < -0.3 is 19.3 Å². The number of carbonyl (C=O) groups is 1. The number of thiophene rings is 1. The molecule has 0 fully saturated rings. The van der Waals surface area contributed by atoms with Gasteiger partial charge in [0.05, 0.1) is 19.1 Å². The van der Waals surface area contributed by atoms with Gasteiger partial charge in [-0.2, -0.15) is 0 Å². The van der Waals surface area contributed by atoms with Gasteiger partial charge in [-0.25, -0.2) is 0 Å². The van der Waals surface area contributed by atoms with Gasteiger partial charge in [0.25, 0.3) is 5.91 Å². The fourth-order valence-corrected chi connectivity index (χ4v) is 2.86. The van der Waals surface area contributed by atoms with Crippen LogP contribution in [0.25, 0.3) is 0 Å². The third kappa shape index (κ3) is 2.63. The molecule has 108 valence electrons. The van der Waals surface area contributed by atoms with E-state index in [1.54, 1.807) is 30.3 Å². The largest absolute Gasteiger partial charge is 0.466 e. The Morgan fingerprint density at radius 3 is 2.62 bits per heavy atom. The van der Waals surface area contributed by atoms with Gasteiger partial charge in [0.15, 0.2) is 11.4 Å². The lowest BCUT2D eigenvalue weighted by molar-refractivity contribution is 0.0546. The van der Waals surface area contributed by atoms with E-state index in [9.17, 15) is 9.90 Å². The SMILES string of the molecule is O=C(NCC(O)(c1ccco1)c1cccs1)c1ccco1. The molecule has 3 heterocycles. The fourth-order valence-electron chi connectivity index (χ4n) is 2.03. The van der Waals surface area contributed by atoms with E-state index in [-0.39, 0.29) is 18.2 Å². The van der Waals surface area contributed by atoms with Crippen LogP contribution in [0.3, 0.4) is 0 Å². The summed E-state index contributed by atoms with van der Waals surface area (Å²) in [5, 5.41) is 15.5. The minimum atomic E-state index is -1.40. The second kappa shape index (κ2) is 5.59. The van der Waals surface area contributed by atoms with Crippen molar-refractivity contribution >= 4 is 17.2 Å². The molecule has 0 spiro atoms. The summed E-state index contributed by atoms with van der Waals surface area (Å²) < 4.78 is 10.4. The van der Waals surface area contributed by atoms with Gasteiger partial charge in [-0.15, -0.1) is 11.3 Å². The van der Waals surface area contributed by atoms with Crippen molar-refractivity contribution in [3.8, 4) is 0 Å². The summed E-state index contributed by atoms with van der Waals surface area (Å²) in [6.07, 6.45) is 2.91. The molecule has 3 aromatic heterocycles. The zero-order chi connectivity index (χ0) is 14.7. The molecule has 1 atom stereocenters.